The van der Waals surface area contributed by atoms with Gasteiger partial charge < -0.3 is 4.74 Å². The summed E-state index contributed by atoms with van der Waals surface area (Å²) in [5.74, 6) is 0.730. The second kappa shape index (κ2) is 4.34. The van der Waals surface area contributed by atoms with Crippen molar-refractivity contribution in [2.75, 3.05) is 6.61 Å². The summed E-state index contributed by atoms with van der Waals surface area (Å²) >= 11 is 0. The van der Waals surface area contributed by atoms with Crippen LogP contribution in [0.25, 0.3) is 0 Å². The molecule has 1 aromatic carbocycles. The summed E-state index contributed by atoms with van der Waals surface area (Å²) < 4.78 is 5.21. The summed E-state index contributed by atoms with van der Waals surface area (Å²) in [5, 5.41) is 0. The first-order valence-electron chi connectivity index (χ1n) is 3.58. The zero-order chi connectivity index (χ0) is 8.81. The van der Waals surface area contributed by atoms with E-state index in [2.05, 4.69) is 6.58 Å². The zero-order valence-electron chi connectivity index (χ0n) is 6.62. The summed E-state index contributed by atoms with van der Waals surface area (Å²) in [7, 11) is 0. The Labute approximate surface area is 71.5 Å². The van der Waals surface area contributed by atoms with Crippen molar-refractivity contribution in [3.8, 4) is 5.75 Å². The van der Waals surface area contributed by atoms with Gasteiger partial charge in [-0.2, -0.15) is 0 Å². The third kappa shape index (κ3) is 2.23. The SMILES string of the molecule is C=CCOc1ccc([C]=O)cc1. The highest BCUT2D eigenvalue weighted by atomic mass is 16.5. The molecule has 0 bridgehead atoms. The second-order valence-electron chi connectivity index (χ2n) is 2.23. The van der Waals surface area contributed by atoms with Crippen molar-refractivity contribution in [2.45, 2.75) is 0 Å². The minimum absolute atomic E-state index is 0.476. The van der Waals surface area contributed by atoms with Gasteiger partial charge in [0.2, 0.25) is 6.29 Å². The third-order valence-corrected chi connectivity index (χ3v) is 1.34. The Morgan fingerprint density at radius 3 is 2.58 bits per heavy atom. The average Bonchev–Trinajstić information content (AvgIpc) is 2.15. The molecule has 0 atom stereocenters. The molecule has 61 valence electrons. The van der Waals surface area contributed by atoms with Crippen molar-refractivity contribution in [1.82, 2.24) is 0 Å². The molecule has 2 heteroatoms. The quantitative estimate of drug-likeness (QED) is 0.628. The number of carbonyl (C=O) groups excluding carboxylic acids is 1. The van der Waals surface area contributed by atoms with Crippen molar-refractivity contribution in [3.05, 3.63) is 42.5 Å². The van der Waals surface area contributed by atoms with Gasteiger partial charge in [0.1, 0.15) is 12.4 Å². The van der Waals surface area contributed by atoms with Gasteiger partial charge in [-0.25, -0.2) is 0 Å². The van der Waals surface area contributed by atoms with E-state index in [0.717, 1.165) is 5.75 Å². The van der Waals surface area contributed by atoms with Crippen LogP contribution in [0.3, 0.4) is 0 Å². The first kappa shape index (κ1) is 8.53. The molecule has 0 heterocycles. The van der Waals surface area contributed by atoms with Gasteiger partial charge in [-0.15, -0.1) is 0 Å². The fraction of sp³-hybridized carbons (Fsp3) is 0.100. The fourth-order valence-electron chi connectivity index (χ4n) is 0.774. The van der Waals surface area contributed by atoms with Crippen LogP contribution in [0, 0.1) is 0 Å². The Hall–Kier alpha value is -1.57. The Morgan fingerprint density at radius 2 is 2.08 bits per heavy atom. The molecule has 0 saturated carbocycles. The topological polar surface area (TPSA) is 26.3 Å². The minimum atomic E-state index is 0.476. The van der Waals surface area contributed by atoms with Crippen LogP contribution in [0.15, 0.2) is 36.9 Å². The van der Waals surface area contributed by atoms with E-state index in [1.54, 1.807) is 36.6 Å². The van der Waals surface area contributed by atoms with Gasteiger partial charge >= 0.3 is 0 Å². The number of benzene rings is 1. The normalized spacial score (nSPS) is 9.00. The Bertz CT molecular complexity index is 262. The van der Waals surface area contributed by atoms with Crippen molar-refractivity contribution in [2.24, 2.45) is 0 Å². The van der Waals surface area contributed by atoms with E-state index in [-0.39, 0.29) is 0 Å². The molecule has 2 nitrogen and oxygen atoms in total. The highest BCUT2D eigenvalue weighted by Crippen LogP contribution is 2.10. The summed E-state index contributed by atoms with van der Waals surface area (Å²) in [4.78, 5) is 10.1. The summed E-state index contributed by atoms with van der Waals surface area (Å²) in [6.07, 6.45) is 3.45. The van der Waals surface area contributed by atoms with Gasteiger partial charge in [-0.05, 0) is 24.3 Å². The molecule has 0 N–H and O–H groups in total. The van der Waals surface area contributed by atoms with Crippen molar-refractivity contribution in [1.29, 1.82) is 0 Å². The van der Waals surface area contributed by atoms with E-state index < -0.39 is 0 Å². The maximum atomic E-state index is 10.1. The van der Waals surface area contributed by atoms with Gasteiger partial charge in [-0.1, -0.05) is 12.7 Å². The van der Waals surface area contributed by atoms with E-state index in [1.807, 2.05) is 0 Å². The lowest BCUT2D eigenvalue weighted by Gasteiger charge is -2.01. The van der Waals surface area contributed by atoms with Gasteiger partial charge in [-0.3, -0.25) is 4.79 Å². The maximum Gasteiger partial charge on any atom is 0.233 e. The van der Waals surface area contributed by atoms with E-state index in [0.29, 0.717) is 12.2 Å². The van der Waals surface area contributed by atoms with Crippen LogP contribution in [0.2, 0.25) is 0 Å². The Morgan fingerprint density at radius 1 is 1.42 bits per heavy atom. The molecule has 0 unspecified atom stereocenters. The molecular weight excluding hydrogens is 152 g/mol. The van der Waals surface area contributed by atoms with Crippen LogP contribution >= 0.6 is 0 Å². The van der Waals surface area contributed by atoms with E-state index >= 15 is 0 Å². The largest absolute Gasteiger partial charge is 0.490 e. The van der Waals surface area contributed by atoms with Crippen LogP contribution < -0.4 is 4.74 Å². The monoisotopic (exact) mass is 161 g/mol. The third-order valence-electron chi connectivity index (χ3n) is 1.34. The molecule has 0 aliphatic heterocycles. The Kier molecular flexibility index (Phi) is 3.08. The highest BCUT2D eigenvalue weighted by Gasteiger charge is 1.92. The minimum Gasteiger partial charge on any atom is -0.490 e. The van der Waals surface area contributed by atoms with Gasteiger partial charge in [0.05, 0.1) is 0 Å². The van der Waals surface area contributed by atoms with E-state index in [4.69, 9.17) is 4.74 Å². The number of ether oxygens (including phenoxy) is 1. The lowest BCUT2D eigenvalue weighted by atomic mass is 10.2. The standard InChI is InChI=1S/C10H9O2/c1-2-7-12-10-5-3-9(8-11)4-6-10/h2-6H,1,7H2. The predicted molar refractivity (Wildman–Crippen MR) is 46.9 cm³/mol. The lowest BCUT2D eigenvalue weighted by molar-refractivity contribution is 0.363. The highest BCUT2D eigenvalue weighted by molar-refractivity contribution is 5.75. The number of hydrogen-bond acceptors (Lipinski definition) is 2. The zero-order valence-corrected chi connectivity index (χ0v) is 6.62. The molecule has 12 heavy (non-hydrogen) atoms. The van der Waals surface area contributed by atoms with Crippen LogP contribution in [-0.2, 0) is 4.79 Å². The second-order valence-corrected chi connectivity index (χ2v) is 2.23. The van der Waals surface area contributed by atoms with Crippen LogP contribution in [0.4, 0.5) is 0 Å². The van der Waals surface area contributed by atoms with Crippen molar-refractivity contribution < 1.29 is 9.53 Å². The van der Waals surface area contributed by atoms with Crippen LogP contribution in [-0.4, -0.2) is 12.9 Å². The first-order chi connectivity index (χ1) is 5.86. The molecule has 1 aromatic rings. The fourth-order valence-corrected chi connectivity index (χ4v) is 0.774. The summed E-state index contributed by atoms with van der Waals surface area (Å²) in [6, 6.07) is 6.77. The summed E-state index contributed by atoms with van der Waals surface area (Å²) in [5.41, 5.74) is 0.529. The molecule has 0 aliphatic rings. The number of hydrogen-bond donors (Lipinski definition) is 0. The van der Waals surface area contributed by atoms with Crippen molar-refractivity contribution in [3.63, 3.8) is 0 Å². The molecule has 0 amide bonds. The molecule has 0 spiro atoms. The summed E-state index contributed by atoms with van der Waals surface area (Å²) in [6.45, 7) is 4.00. The molecule has 0 fully saturated rings. The molecule has 1 radical (unpaired) electrons. The van der Waals surface area contributed by atoms with Crippen molar-refractivity contribution >= 4 is 6.29 Å². The maximum absolute atomic E-state index is 10.1. The first-order valence-corrected chi connectivity index (χ1v) is 3.58. The van der Waals surface area contributed by atoms with Crippen LogP contribution in [0.1, 0.15) is 5.56 Å². The van der Waals surface area contributed by atoms with Gasteiger partial charge in [0.15, 0.2) is 0 Å². The molecule has 1 rings (SSSR count). The molecular formula is C10H9O2. The Balaban J connectivity index is 2.64. The lowest BCUT2D eigenvalue weighted by Crippen LogP contribution is -1.92. The predicted octanol–water partition coefficient (Wildman–Crippen LogP) is 1.71. The van der Waals surface area contributed by atoms with Gasteiger partial charge in [0, 0.05) is 5.56 Å². The van der Waals surface area contributed by atoms with Crippen LogP contribution in [0.5, 0.6) is 5.75 Å². The smallest absolute Gasteiger partial charge is 0.233 e. The molecule has 0 aliphatic carbocycles. The molecule has 0 aromatic heterocycles. The number of rotatable bonds is 4. The van der Waals surface area contributed by atoms with E-state index in [1.165, 1.54) is 0 Å². The van der Waals surface area contributed by atoms with Gasteiger partial charge in [0.25, 0.3) is 0 Å². The van der Waals surface area contributed by atoms with E-state index in [9.17, 15) is 4.79 Å². The molecule has 0 saturated heterocycles. The average molecular weight is 161 g/mol.